The Labute approximate surface area is 183 Å². The van der Waals surface area contributed by atoms with Gasteiger partial charge in [0.25, 0.3) is 0 Å². The molecule has 5 heteroatoms. The van der Waals surface area contributed by atoms with E-state index in [0.29, 0.717) is 13.1 Å². The molecular weight excluding hydrogens is 392 g/mol. The van der Waals surface area contributed by atoms with Gasteiger partial charge in [-0.25, -0.2) is 0 Å². The Morgan fingerprint density at radius 1 is 1.17 bits per heavy atom. The predicted molar refractivity (Wildman–Crippen MR) is 122 cm³/mol. The molecule has 30 heavy (non-hydrogen) atoms. The SMILES string of the molecule is CCCCN(CC(=O)N1CCc2sccc2C1c1ccc(C)cc1)C(=O)C1CCC1. The molecule has 1 fully saturated rings. The first-order valence-corrected chi connectivity index (χ1v) is 12.2. The maximum Gasteiger partial charge on any atom is 0.242 e. The molecule has 2 heterocycles. The summed E-state index contributed by atoms with van der Waals surface area (Å²) in [4.78, 5) is 31.7. The van der Waals surface area contributed by atoms with Crippen LogP contribution in [0.25, 0.3) is 0 Å². The van der Waals surface area contributed by atoms with Gasteiger partial charge in [-0.15, -0.1) is 11.3 Å². The molecule has 1 aromatic carbocycles. The van der Waals surface area contributed by atoms with Crippen LogP contribution in [0.5, 0.6) is 0 Å². The number of nitrogens with zero attached hydrogens (tertiary/aromatic N) is 2. The smallest absolute Gasteiger partial charge is 0.242 e. The third-order valence-electron chi connectivity index (χ3n) is 6.55. The number of aryl methyl sites for hydroxylation is 1. The molecule has 2 amide bonds. The lowest BCUT2D eigenvalue weighted by molar-refractivity contribution is -0.145. The fraction of sp³-hybridized carbons (Fsp3) is 0.520. The number of hydrogen-bond acceptors (Lipinski definition) is 3. The summed E-state index contributed by atoms with van der Waals surface area (Å²) in [5, 5.41) is 2.13. The number of hydrogen-bond donors (Lipinski definition) is 0. The van der Waals surface area contributed by atoms with Crippen molar-refractivity contribution in [3.05, 3.63) is 57.3 Å². The summed E-state index contributed by atoms with van der Waals surface area (Å²) in [7, 11) is 0. The van der Waals surface area contributed by atoms with E-state index in [2.05, 4.69) is 49.6 Å². The second-order valence-electron chi connectivity index (χ2n) is 8.69. The molecule has 0 spiro atoms. The van der Waals surface area contributed by atoms with Crippen LogP contribution >= 0.6 is 11.3 Å². The Kier molecular flexibility index (Phi) is 6.57. The molecule has 0 radical (unpaired) electrons. The Morgan fingerprint density at radius 2 is 1.93 bits per heavy atom. The van der Waals surface area contributed by atoms with Gasteiger partial charge < -0.3 is 9.80 Å². The molecule has 2 aliphatic rings. The van der Waals surface area contributed by atoms with Crippen molar-refractivity contribution in [2.75, 3.05) is 19.6 Å². The highest BCUT2D eigenvalue weighted by molar-refractivity contribution is 7.10. The number of carbonyl (C=O) groups is 2. The van der Waals surface area contributed by atoms with Gasteiger partial charge in [0.2, 0.25) is 11.8 Å². The third-order valence-corrected chi connectivity index (χ3v) is 7.55. The summed E-state index contributed by atoms with van der Waals surface area (Å²) in [5.74, 6) is 0.386. The number of carbonyl (C=O) groups excluding carboxylic acids is 2. The number of benzene rings is 1. The van der Waals surface area contributed by atoms with E-state index in [1.807, 2.05) is 9.80 Å². The minimum atomic E-state index is -0.0556. The lowest BCUT2D eigenvalue weighted by Crippen LogP contribution is -2.48. The minimum Gasteiger partial charge on any atom is -0.333 e. The van der Waals surface area contributed by atoms with Crippen molar-refractivity contribution in [1.82, 2.24) is 9.80 Å². The summed E-state index contributed by atoms with van der Waals surface area (Å²) in [6.07, 6.45) is 5.95. The van der Waals surface area contributed by atoms with E-state index in [-0.39, 0.29) is 30.3 Å². The molecule has 160 valence electrons. The molecule has 1 saturated carbocycles. The summed E-state index contributed by atoms with van der Waals surface area (Å²) in [6.45, 7) is 5.82. The molecule has 1 atom stereocenters. The maximum absolute atomic E-state index is 13.5. The number of rotatable bonds is 7. The minimum absolute atomic E-state index is 0.0556. The second kappa shape index (κ2) is 9.34. The first-order chi connectivity index (χ1) is 14.6. The van der Waals surface area contributed by atoms with Crippen LogP contribution < -0.4 is 0 Å². The van der Waals surface area contributed by atoms with E-state index in [9.17, 15) is 9.59 Å². The standard InChI is InChI=1S/C25H32N2O2S/c1-3-4-14-26(25(29)20-6-5-7-20)17-23(28)27-15-12-22-21(13-16-30-22)24(27)19-10-8-18(2)9-11-19/h8-11,13,16,20,24H,3-7,12,14-15,17H2,1-2H3. The number of amides is 2. The van der Waals surface area contributed by atoms with E-state index in [4.69, 9.17) is 0 Å². The van der Waals surface area contributed by atoms with Gasteiger partial charge in [0.05, 0.1) is 12.6 Å². The van der Waals surface area contributed by atoms with Crippen LogP contribution in [-0.2, 0) is 16.0 Å². The highest BCUT2D eigenvalue weighted by Crippen LogP contribution is 2.38. The largest absolute Gasteiger partial charge is 0.333 e. The van der Waals surface area contributed by atoms with Crippen LogP contribution in [0, 0.1) is 12.8 Å². The zero-order valence-corrected chi connectivity index (χ0v) is 18.9. The van der Waals surface area contributed by atoms with Gasteiger partial charge in [0.15, 0.2) is 0 Å². The molecule has 1 aromatic heterocycles. The zero-order chi connectivity index (χ0) is 21.1. The molecular formula is C25H32N2O2S. The van der Waals surface area contributed by atoms with E-state index in [1.54, 1.807) is 11.3 Å². The van der Waals surface area contributed by atoms with E-state index in [0.717, 1.165) is 44.1 Å². The average molecular weight is 425 g/mol. The highest BCUT2D eigenvalue weighted by atomic mass is 32.1. The second-order valence-corrected chi connectivity index (χ2v) is 9.69. The van der Waals surface area contributed by atoms with E-state index >= 15 is 0 Å². The molecule has 2 aromatic rings. The molecule has 0 N–H and O–H groups in total. The van der Waals surface area contributed by atoms with Crippen LogP contribution in [0.3, 0.4) is 0 Å². The predicted octanol–water partition coefficient (Wildman–Crippen LogP) is 4.96. The van der Waals surface area contributed by atoms with Gasteiger partial charge in [0, 0.05) is 23.9 Å². The first-order valence-electron chi connectivity index (χ1n) is 11.3. The zero-order valence-electron chi connectivity index (χ0n) is 18.1. The Bertz CT molecular complexity index is 885. The third kappa shape index (κ3) is 4.31. The average Bonchev–Trinajstić information content (AvgIpc) is 3.18. The fourth-order valence-electron chi connectivity index (χ4n) is 4.48. The van der Waals surface area contributed by atoms with Crippen LogP contribution in [0.2, 0.25) is 0 Å². The number of unbranched alkanes of at least 4 members (excludes halogenated alkanes) is 1. The van der Waals surface area contributed by atoms with Gasteiger partial charge in [-0.2, -0.15) is 0 Å². The molecule has 0 bridgehead atoms. The Morgan fingerprint density at radius 3 is 2.60 bits per heavy atom. The lowest BCUT2D eigenvalue weighted by Gasteiger charge is -2.38. The van der Waals surface area contributed by atoms with Gasteiger partial charge in [-0.1, -0.05) is 49.6 Å². The van der Waals surface area contributed by atoms with Crippen LogP contribution in [0.1, 0.15) is 66.6 Å². The molecule has 4 rings (SSSR count). The quantitative estimate of drug-likeness (QED) is 0.630. The van der Waals surface area contributed by atoms with Gasteiger partial charge in [0.1, 0.15) is 0 Å². The van der Waals surface area contributed by atoms with Crippen molar-refractivity contribution in [1.29, 1.82) is 0 Å². The molecule has 1 aliphatic heterocycles. The number of thiophene rings is 1. The lowest BCUT2D eigenvalue weighted by atomic mass is 9.84. The molecule has 1 unspecified atom stereocenters. The molecule has 1 aliphatic carbocycles. The first kappa shape index (κ1) is 21.1. The van der Waals surface area contributed by atoms with Crippen LogP contribution in [0.4, 0.5) is 0 Å². The summed E-state index contributed by atoms with van der Waals surface area (Å²) in [6, 6.07) is 10.6. The fourth-order valence-corrected chi connectivity index (χ4v) is 5.38. The van der Waals surface area contributed by atoms with E-state index < -0.39 is 0 Å². The van der Waals surface area contributed by atoms with Gasteiger partial charge in [-0.3, -0.25) is 9.59 Å². The Hall–Kier alpha value is -2.14. The number of fused-ring (bicyclic) bond motifs is 1. The van der Waals surface area contributed by atoms with Crippen molar-refractivity contribution >= 4 is 23.2 Å². The molecule has 0 saturated heterocycles. The monoisotopic (exact) mass is 424 g/mol. The van der Waals surface area contributed by atoms with Crippen LogP contribution in [-0.4, -0.2) is 41.2 Å². The summed E-state index contributed by atoms with van der Waals surface area (Å²) in [5.41, 5.74) is 3.61. The summed E-state index contributed by atoms with van der Waals surface area (Å²) >= 11 is 1.78. The topological polar surface area (TPSA) is 40.6 Å². The normalized spacial score (nSPS) is 18.6. The highest BCUT2D eigenvalue weighted by Gasteiger charge is 2.35. The van der Waals surface area contributed by atoms with E-state index in [1.165, 1.54) is 16.0 Å². The molecule has 4 nitrogen and oxygen atoms in total. The Balaban J connectivity index is 1.57. The van der Waals surface area contributed by atoms with Crippen molar-refractivity contribution < 1.29 is 9.59 Å². The maximum atomic E-state index is 13.5. The van der Waals surface area contributed by atoms with Gasteiger partial charge >= 0.3 is 0 Å². The summed E-state index contributed by atoms with van der Waals surface area (Å²) < 4.78 is 0. The van der Waals surface area contributed by atoms with Crippen LogP contribution in [0.15, 0.2) is 35.7 Å². The van der Waals surface area contributed by atoms with Gasteiger partial charge in [-0.05, 0) is 55.2 Å². The van der Waals surface area contributed by atoms with Crippen molar-refractivity contribution in [2.24, 2.45) is 5.92 Å². The van der Waals surface area contributed by atoms with Crippen molar-refractivity contribution in [3.8, 4) is 0 Å². The van der Waals surface area contributed by atoms with Crippen molar-refractivity contribution in [2.45, 2.75) is 58.4 Å². The van der Waals surface area contributed by atoms with Crippen molar-refractivity contribution in [3.63, 3.8) is 0 Å².